The molecule has 0 aromatic heterocycles. The van der Waals surface area contributed by atoms with Gasteiger partial charge in [-0.1, -0.05) is 37.6 Å². The van der Waals surface area contributed by atoms with Crippen molar-refractivity contribution < 1.29 is 19.1 Å². The first kappa shape index (κ1) is 19.8. The maximum Gasteiger partial charge on any atom is 0.355 e. The summed E-state index contributed by atoms with van der Waals surface area (Å²) in [6.45, 7) is 4.02. The fraction of sp³-hybridized carbons (Fsp3) is 0.300. The van der Waals surface area contributed by atoms with E-state index < -0.39 is 11.9 Å². The minimum atomic E-state index is -0.634. The second-order valence-electron chi connectivity index (χ2n) is 5.56. The monoisotopic (exact) mass is 375 g/mol. The largest absolute Gasteiger partial charge is 0.465 e. The van der Waals surface area contributed by atoms with Crippen LogP contribution in [0.4, 0.5) is 5.69 Å². The molecule has 26 heavy (non-hydrogen) atoms. The van der Waals surface area contributed by atoms with Gasteiger partial charge in [-0.3, -0.25) is 0 Å². The number of carbonyl (C=O) groups excluding carboxylic acids is 2. The molecule has 0 bridgehead atoms. The smallest absolute Gasteiger partial charge is 0.355 e. The van der Waals surface area contributed by atoms with Gasteiger partial charge in [-0.2, -0.15) is 0 Å². The molecule has 0 saturated heterocycles. The summed E-state index contributed by atoms with van der Waals surface area (Å²) in [4.78, 5) is 26.5. The van der Waals surface area contributed by atoms with Gasteiger partial charge in [-0.25, -0.2) is 9.59 Å². The predicted molar refractivity (Wildman–Crippen MR) is 102 cm³/mol. The molecule has 0 unspecified atom stereocenters. The number of rotatable bonds is 5. The van der Waals surface area contributed by atoms with Crippen molar-refractivity contribution in [2.75, 3.05) is 19.1 Å². The molecule has 0 spiro atoms. The highest BCUT2D eigenvalue weighted by atomic mass is 35.5. The molecule has 6 heteroatoms. The van der Waals surface area contributed by atoms with Crippen LogP contribution in [0.1, 0.15) is 25.0 Å². The SMILES string of the molecule is CCc1ccc(Cl)c(CC)c1N1C=CC=CC(C(=O)OC)=C1C(=O)OC. The van der Waals surface area contributed by atoms with E-state index in [2.05, 4.69) is 0 Å². The van der Waals surface area contributed by atoms with Crippen LogP contribution in [0.3, 0.4) is 0 Å². The zero-order chi connectivity index (χ0) is 19.3. The van der Waals surface area contributed by atoms with Gasteiger partial charge < -0.3 is 14.4 Å². The number of anilines is 1. The number of hydrogen-bond donors (Lipinski definition) is 0. The van der Waals surface area contributed by atoms with Gasteiger partial charge in [0.05, 0.1) is 25.5 Å². The molecule has 1 aromatic carbocycles. The summed E-state index contributed by atoms with van der Waals surface area (Å²) < 4.78 is 9.81. The van der Waals surface area contributed by atoms with Gasteiger partial charge in [0.1, 0.15) is 5.70 Å². The van der Waals surface area contributed by atoms with E-state index in [9.17, 15) is 9.59 Å². The van der Waals surface area contributed by atoms with E-state index in [4.69, 9.17) is 21.1 Å². The number of nitrogens with zero attached hydrogens (tertiary/aromatic N) is 1. The third kappa shape index (κ3) is 3.68. The Balaban J connectivity index is 2.84. The molecular weight excluding hydrogens is 354 g/mol. The lowest BCUT2D eigenvalue weighted by atomic mass is 10.0. The summed E-state index contributed by atoms with van der Waals surface area (Å²) in [5, 5.41) is 0.606. The second kappa shape index (κ2) is 8.72. The van der Waals surface area contributed by atoms with Gasteiger partial charge in [0.25, 0.3) is 0 Å². The molecule has 0 saturated carbocycles. The van der Waals surface area contributed by atoms with Crippen molar-refractivity contribution in [3.05, 3.63) is 64.0 Å². The van der Waals surface area contributed by atoms with Gasteiger partial charge in [0.15, 0.2) is 0 Å². The van der Waals surface area contributed by atoms with E-state index in [0.717, 1.165) is 23.2 Å². The van der Waals surface area contributed by atoms with Crippen molar-refractivity contribution in [3.8, 4) is 0 Å². The lowest BCUT2D eigenvalue weighted by Gasteiger charge is -2.28. The Labute approximate surface area is 158 Å². The van der Waals surface area contributed by atoms with Crippen molar-refractivity contribution in [3.63, 3.8) is 0 Å². The third-order valence-corrected chi connectivity index (χ3v) is 4.53. The Hall–Kier alpha value is -2.53. The molecule has 1 aliphatic rings. The van der Waals surface area contributed by atoms with Crippen LogP contribution in [0.5, 0.6) is 0 Å². The molecule has 0 aliphatic carbocycles. The van der Waals surface area contributed by atoms with E-state index in [0.29, 0.717) is 11.4 Å². The highest BCUT2D eigenvalue weighted by Gasteiger charge is 2.29. The van der Waals surface area contributed by atoms with Crippen LogP contribution in [0.25, 0.3) is 0 Å². The van der Waals surface area contributed by atoms with Crippen LogP contribution >= 0.6 is 11.6 Å². The van der Waals surface area contributed by atoms with Gasteiger partial charge in [-0.05, 0) is 42.2 Å². The minimum absolute atomic E-state index is 0.0935. The fourth-order valence-electron chi connectivity index (χ4n) is 2.92. The molecule has 138 valence electrons. The molecule has 0 N–H and O–H groups in total. The van der Waals surface area contributed by atoms with Crippen molar-refractivity contribution >= 4 is 29.2 Å². The molecular formula is C20H22ClNO4. The topological polar surface area (TPSA) is 55.8 Å². The Kier molecular flexibility index (Phi) is 6.64. The maximum atomic E-state index is 12.6. The highest BCUT2D eigenvalue weighted by molar-refractivity contribution is 6.32. The molecule has 1 heterocycles. The average molecular weight is 376 g/mol. The zero-order valence-electron chi connectivity index (χ0n) is 15.3. The Morgan fingerprint density at radius 2 is 1.73 bits per heavy atom. The normalized spacial score (nSPS) is 13.7. The van der Waals surface area contributed by atoms with Crippen molar-refractivity contribution in [1.82, 2.24) is 0 Å². The van der Waals surface area contributed by atoms with Crippen molar-refractivity contribution in [2.24, 2.45) is 0 Å². The number of hydrogen-bond acceptors (Lipinski definition) is 5. The Bertz CT molecular complexity index is 808. The van der Waals surface area contributed by atoms with E-state index in [1.54, 1.807) is 23.3 Å². The minimum Gasteiger partial charge on any atom is -0.465 e. The number of ether oxygens (including phenoxy) is 2. The maximum absolute atomic E-state index is 12.6. The van der Waals surface area contributed by atoms with Crippen LogP contribution in [0.2, 0.25) is 5.02 Å². The Morgan fingerprint density at radius 1 is 1.04 bits per heavy atom. The highest BCUT2D eigenvalue weighted by Crippen LogP contribution is 2.36. The molecule has 1 aromatic rings. The molecule has 2 rings (SSSR count). The van der Waals surface area contributed by atoms with Gasteiger partial charge in [0, 0.05) is 11.2 Å². The molecule has 1 aliphatic heterocycles. The van der Waals surface area contributed by atoms with Gasteiger partial charge in [0.2, 0.25) is 0 Å². The summed E-state index contributed by atoms with van der Waals surface area (Å²) in [5.74, 6) is -1.25. The van der Waals surface area contributed by atoms with Crippen molar-refractivity contribution in [2.45, 2.75) is 26.7 Å². The summed E-state index contributed by atoms with van der Waals surface area (Å²) in [5.41, 5.74) is 2.89. The van der Waals surface area contributed by atoms with E-state index >= 15 is 0 Å². The van der Waals surface area contributed by atoms with Crippen LogP contribution in [-0.2, 0) is 31.9 Å². The molecule has 0 atom stereocenters. The molecule has 0 radical (unpaired) electrons. The van der Waals surface area contributed by atoms with Gasteiger partial charge in [-0.15, -0.1) is 0 Å². The first-order chi connectivity index (χ1) is 12.5. The summed E-state index contributed by atoms with van der Waals surface area (Å²) in [6, 6.07) is 3.78. The lowest BCUT2D eigenvalue weighted by Crippen LogP contribution is -2.28. The number of aryl methyl sites for hydroxylation is 1. The molecule has 0 fully saturated rings. The van der Waals surface area contributed by atoms with Crippen LogP contribution < -0.4 is 4.90 Å². The van der Waals surface area contributed by atoms with Crippen LogP contribution in [0.15, 0.2) is 47.8 Å². The van der Waals surface area contributed by atoms with Gasteiger partial charge >= 0.3 is 11.9 Å². The average Bonchev–Trinajstić information content (AvgIpc) is 2.89. The number of benzene rings is 1. The lowest BCUT2D eigenvalue weighted by molar-refractivity contribution is -0.139. The Morgan fingerprint density at radius 3 is 2.31 bits per heavy atom. The number of halogens is 1. The predicted octanol–water partition coefficient (Wildman–Crippen LogP) is 3.95. The number of carbonyl (C=O) groups is 2. The summed E-state index contributed by atoms with van der Waals surface area (Å²) >= 11 is 6.42. The fourth-order valence-corrected chi connectivity index (χ4v) is 3.20. The standard InChI is InChI=1S/C20H22ClNO4/c1-5-13-10-11-16(21)14(6-2)17(13)22-12-8-7-9-15(19(23)25-3)18(22)20(24)26-4/h7-12H,5-6H2,1-4H3. The van der Waals surface area contributed by atoms with Crippen LogP contribution in [0, 0.1) is 0 Å². The first-order valence-electron chi connectivity index (χ1n) is 8.35. The molecule has 0 amide bonds. The summed E-state index contributed by atoms with van der Waals surface area (Å²) in [6.07, 6.45) is 8.09. The van der Waals surface area contributed by atoms with Crippen LogP contribution in [-0.4, -0.2) is 26.2 Å². The number of allylic oxidation sites excluding steroid dienone is 2. The first-order valence-corrected chi connectivity index (χ1v) is 8.73. The van der Waals surface area contributed by atoms with E-state index in [1.165, 1.54) is 20.3 Å². The number of esters is 2. The second-order valence-corrected chi connectivity index (χ2v) is 5.96. The number of methoxy groups -OCH3 is 2. The third-order valence-electron chi connectivity index (χ3n) is 4.17. The van der Waals surface area contributed by atoms with E-state index in [1.807, 2.05) is 26.0 Å². The van der Waals surface area contributed by atoms with E-state index in [-0.39, 0.29) is 11.3 Å². The zero-order valence-corrected chi connectivity index (χ0v) is 16.1. The van der Waals surface area contributed by atoms with Crippen molar-refractivity contribution in [1.29, 1.82) is 0 Å². The summed E-state index contributed by atoms with van der Waals surface area (Å²) in [7, 11) is 2.55. The molecule has 5 nitrogen and oxygen atoms in total. The quantitative estimate of drug-likeness (QED) is 0.729.